The zero-order chi connectivity index (χ0) is 13.7. The molecule has 0 unspecified atom stereocenters. The van der Waals surface area contributed by atoms with Crippen LogP contribution in [0.25, 0.3) is 0 Å². The maximum atomic E-state index is 11.4. The summed E-state index contributed by atoms with van der Waals surface area (Å²) >= 11 is 0. The van der Waals surface area contributed by atoms with Gasteiger partial charge in [-0.2, -0.15) is 0 Å². The molecule has 1 aromatic carbocycles. The molecule has 0 aliphatic heterocycles. The van der Waals surface area contributed by atoms with Crippen LogP contribution in [0.4, 0.5) is 5.69 Å². The van der Waals surface area contributed by atoms with Crippen molar-refractivity contribution >= 4 is 24.5 Å². The molecule has 3 N–H and O–H groups in total. The van der Waals surface area contributed by atoms with Crippen LogP contribution in [-0.4, -0.2) is 42.7 Å². The van der Waals surface area contributed by atoms with Crippen LogP contribution in [0.1, 0.15) is 20.7 Å². The summed E-state index contributed by atoms with van der Waals surface area (Å²) in [7, 11) is 0.389. The van der Waals surface area contributed by atoms with Crippen molar-refractivity contribution < 1.29 is 24.5 Å². The number of esters is 1. The first-order chi connectivity index (χ1) is 8.47. The Balaban J connectivity index is 3.19. The van der Waals surface area contributed by atoms with Crippen LogP contribution in [0.2, 0.25) is 6.82 Å². The monoisotopic (exact) mass is 251 g/mol. The van der Waals surface area contributed by atoms with Crippen molar-refractivity contribution in [1.82, 2.24) is 0 Å². The number of nitrogens with one attached hydrogen (secondary N) is 1. The van der Waals surface area contributed by atoms with Crippen molar-refractivity contribution in [3.8, 4) is 0 Å². The van der Waals surface area contributed by atoms with Crippen LogP contribution < -0.4 is 5.23 Å². The van der Waals surface area contributed by atoms with Crippen LogP contribution in [-0.2, 0) is 4.74 Å². The molecule has 1 rings (SSSR count). The third-order valence-electron chi connectivity index (χ3n) is 2.20. The molecule has 0 aromatic heterocycles. The summed E-state index contributed by atoms with van der Waals surface area (Å²) in [5.74, 6) is -1.12. The van der Waals surface area contributed by atoms with E-state index in [1.54, 1.807) is 0 Å². The van der Waals surface area contributed by atoms with E-state index >= 15 is 0 Å². The molecule has 0 spiro atoms. The summed E-state index contributed by atoms with van der Waals surface area (Å²) in [6.45, 7) is 0.844. The average Bonchev–Trinajstić information content (AvgIpc) is 2.35. The van der Waals surface area contributed by atoms with Gasteiger partial charge in [0.2, 0.25) is 0 Å². The lowest BCUT2D eigenvalue weighted by atomic mass is 9.88. The standard InChI is InChI=1S/C11H14BNO5/c1-12(17)13-9-4-7(10(15)6-14)3-8(5-9)11(16)18-2/h3-5,13-14,17H,6H2,1-2H3. The Kier molecular flexibility index (Phi) is 4.88. The van der Waals surface area contributed by atoms with Crippen LogP contribution in [0.15, 0.2) is 18.2 Å². The second-order valence-corrected chi connectivity index (χ2v) is 3.69. The van der Waals surface area contributed by atoms with Gasteiger partial charge in [0.1, 0.15) is 6.61 Å². The van der Waals surface area contributed by atoms with E-state index in [4.69, 9.17) is 5.11 Å². The van der Waals surface area contributed by atoms with E-state index in [9.17, 15) is 14.6 Å². The molecule has 0 atom stereocenters. The molecule has 7 heteroatoms. The third-order valence-corrected chi connectivity index (χ3v) is 2.20. The molecule has 0 saturated heterocycles. The second-order valence-electron chi connectivity index (χ2n) is 3.69. The number of anilines is 1. The zero-order valence-corrected chi connectivity index (χ0v) is 10.1. The van der Waals surface area contributed by atoms with Crippen LogP contribution >= 0.6 is 0 Å². The first-order valence-electron chi connectivity index (χ1n) is 5.30. The molecule has 6 nitrogen and oxygen atoms in total. The molecule has 0 heterocycles. The molecular formula is C11H14BNO5. The minimum Gasteiger partial charge on any atom is -0.465 e. The fourth-order valence-corrected chi connectivity index (χ4v) is 1.44. The summed E-state index contributed by atoms with van der Waals surface area (Å²) in [6.07, 6.45) is 0. The average molecular weight is 251 g/mol. The Morgan fingerprint density at radius 3 is 2.44 bits per heavy atom. The predicted molar refractivity (Wildman–Crippen MR) is 66.7 cm³/mol. The van der Waals surface area contributed by atoms with Crippen molar-refractivity contribution in [3.63, 3.8) is 0 Å². The highest BCUT2D eigenvalue weighted by Crippen LogP contribution is 2.16. The fraction of sp³-hybridized carbons (Fsp3) is 0.273. The van der Waals surface area contributed by atoms with E-state index in [-0.39, 0.29) is 11.1 Å². The van der Waals surface area contributed by atoms with Gasteiger partial charge in [0, 0.05) is 11.3 Å². The molecule has 0 radical (unpaired) electrons. The minimum atomic E-state index is -0.838. The fourth-order valence-electron chi connectivity index (χ4n) is 1.44. The van der Waals surface area contributed by atoms with Crippen LogP contribution in [0.3, 0.4) is 0 Å². The van der Waals surface area contributed by atoms with Crippen molar-refractivity contribution in [2.75, 3.05) is 18.9 Å². The van der Waals surface area contributed by atoms with Gasteiger partial charge in [0.15, 0.2) is 5.78 Å². The Labute approximate surface area is 105 Å². The summed E-state index contributed by atoms with van der Waals surface area (Å²) in [4.78, 5) is 22.9. The molecule has 0 bridgehead atoms. The lowest BCUT2D eigenvalue weighted by Gasteiger charge is -2.10. The number of hydrogen-bond acceptors (Lipinski definition) is 6. The van der Waals surface area contributed by atoms with E-state index in [1.165, 1.54) is 32.1 Å². The van der Waals surface area contributed by atoms with E-state index in [0.29, 0.717) is 5.69 Å². The van der Waals surface area contributed by atoms with Gasteiger partial charge in [0.25, 0.3) is 0 Å². The Bertz CT molecular complexity index is 426. The number of aliphatic hydroxyl groups is 1. The highest BCUT2D eigenvalue weighted by Gasteiger charge is 2.14. The number of carbonyl (C=O) groups is 2. The first-order valence-corrected chi connectivity index (χ1v) is 5.30. The Hall–Kier alpha value is -1.86. The van der Waals surface area contributed by atoms with Gasteiger partial charge in [-0.3, -0.25) is 4.79 Å². The van der Waals surface area contributed by atoms with Gasteiger partial charge in [-0.15, -0.1) is 0 Å². The zero-order valence-electron chi connectivity index (χ0n) is 10.1. The van der Waals surface area contributed by atoms with E-state index < -0.39 is 25.4 Å². The number of hydrogen-bond donors (Lipinski definition) is 3. The number of ketones is 1. The van der Waals surface area contributed by atoms with Crippen molar-refractivity contribution in [3.05, 3.63) is 29.3 Å². The Morgan fingerprint density at radius 2 is 1.94 bits per heavy atom. The predicted octanol–water partition coefficient (Wildman–Crippen LogP) is 0.170. The number of aliphatic hydroxyl groups excluding tert-OH is 1. The van der Waals surface area contributed by atoms with Crippen molar-refractivity contribution in [2.24, 2.45) is 0 Å². The maximum absolute atomic E-state index is 11.4. The summed E-state index contributed by atoms with van der Waals surface area (Å²) in [6, 6.07) is 4.22. The molecule has 18 heavy (non-hydrogen) atoms. The van der Waals surface area contributed by atoms with Gasteiger partial charge >= 0.3 is 13.0 Å². The Morgan fingerprint density at radius 1 is 1.33 bits per heavy atom. The van der Waals surface area contributed by atoms with Crippen molar-refractivity contribution in [2.45, 2.75) is 6.82 Å². The molecular weight excluding hydrogens is 237 g/mol. The van der Waals surface area contributed by atoms with Gasteiger partial charge in [0.05, 0.1) is 12.7 Å². The molecule has 0 amide bonds. The summed E-state index contributed by atoms with van der Waals surface area (Å²) in [5, 5.41) is 20.7. The highest BCUT2D eigenvalue weighted by atomic mass is 16.5. The second kappa shape index (κ2) is 6.18. The van der Waals surface area contributed by atoms with E-state index in [2.05, 4.69) is 9.96 Å². The number of benzene rings is 1. The number of carbonyl (C=O) groups excluding carboxylic acids is 2. The van der Waals surface area contributed by atoms with Crippen LogP contribution in [0.5, 0.6) is 0 Å². The topological polar surface area (TPSA) is 95.9 Å². The number of ether oxygens (including phenoxy) is 1. The van der Waals surface area contributed by atoms with Gasteiger partial charge in [-0.25, -0.2) is 4.79 Å². The summed E-state index contributed by atoms with van der Waals surface area (Å²) in [5.41, 5.74) is 0.730. The normalized spacial score (nSPS) is 9.78. The highest BCUT2D eigenvalue weighted by molar-refractivity contribution is 6.52. The molecule has 0 saturated carbocycles. The number of Topliss-reactive ketones (excluding diaryl/α,β-unsaturated/α-hetero) is 1. The third kappa shape index (κ3) is 3.58. The van der Waals surface area contributed by atoms with Crippen molar-refractivity contribution in [1.29, 1.82) is 0 Å². The molecule has 0 fully saturated rings. The van der Waals surface area contributed by atoms with E-state index in [1.807, 2.05) is 0 Å². The maximum Gasteiger partial charge on any atom is 0.406 e. The van der Waals surface area contributed by atoms with Gasteiger partial charge in [-0.05, 0) is 25.0 Å². The van der Waals surface area contributed by atoms with Gasteiger partial charge < -0.3 is 20.1 Å². The SMILES string of the molecule is COC(=O)c1cc(NB(C)O)cc(C(=O)CO)c1. The minimum absolute atomic E-state index is 0.167. The first kappa shape index (κ1) is 14.2. The largest absolute Gasteiger partial charge is 0.465 e. The van der Waals surface area contributed by atoms with E-state index in [0.717, 1.165) is 0 Å². The van der Waals surface area contributed by atoms with Gasteiger partial charge in [-0.1, -0.05) is 0 Å². The smallest absolute Gasteiger partial charge is 0.406 e. The molecule has 0 aliphatic rings. The molecule has 1 aromatic rings. The quantitative estimate of drug-likeness (QED) is 0.392. The molecule has 0 aliphatic carbocycles. The summed E-state index contributed by atoms with van der Waals surface area (Å²) < 4.78 is 4.56. The number of rotatable bonds is 5. The molecule has 96 valence electrons. The van der Waals surface area contributed by atoms with Crippen LogP contribution in [0, 0.1) is 0 Å². The lowest BCUT2D eigenvalue weighted by molar-refractivity contribution is 0.0600. The lowest BCUT2D eigenvalue weighted by Crippen LogP contribution is -2.20. The number of methoxy groups -OCH3 is 1.